The van der Waals surface area contributed by atoms with Gasteiger partial charge in [0.2, 0.25) is 5.88 Å². The normalized spacial score (nSPS) is 17.2. The predicted molar refractivity (Wildman–Crippen MR) is 116 cm³/mol. The number of ether oxygens (including phenoxy) is 2. The van der Waals surface area contributed by atoms with Crippen molar-refractivity contribution in [2.75, 3.05) is 18.0 Å². The van der Waals surface area contributed by atoms with Crippen molar-refractivity contribution in [3.8, 4) is 17.4 Å². The molecule has 0 aliphatic carbocycles. The lowest BCUT2D eigenvalue weighted by Crippen LogP contribution is -2.46. The number of nitrogens with zero attached hydrogens (tertiary/aromatic N) is 3. The molecule has 0 radical (unpaired) electrons. The van der Waals surface area contributed by atoms with E-state index < -0.39 is 34.8 Å². The highest BCUT2D eigenvalue weighted by molar-refractivity contribution is 5.45. The first-order valence-corrected chi connectivity index (χ1v) is 11.0. The monoisotopic (exact) mass is 493 g/mol. The third kappa shape index (κ3) is 4.80. The van der Waals surface area contributed by atoms with Crippen molar-refractivity contribution in [3.63, 3.8) is 0 Å². The van der Waals surface area contributed by atoms with E-state index in [2.05, 4.69) is 9.88 Å². The molecule has 1 aromatic heterocycles. The molecule has 0 amide bonds. The molecule has 0 spiro atoms. The highest BCUT2D eigenvalue weighted by Gasteiger charge is 2.31. The number of anilines is 1. The molecular formula is C24H20F5N3O3. The van der Waals surface area contributed by atoms with Gasteiger partial charge in [-0.15, -0.1) is 0 Å². The Kier molecular flexibility index (Phi) is 5.86. The third-order valence-corrected chi connectivity index (χ3v) is 6.08. The van der Waals surface area contributed by atoms with Gasteiger partial charge in [0.1, 0.15) is 18.2 Å². The molecule has 1 saturated heterocycles. The van der Waals surface area contributed by atoms with E-state index in [0.29, 0.717) is 24.3 Å². The molecule has 3 aromatic rings. The summed E-state index contributed by atoms with van der Waals surface area (Å²) >= 11 is 0. The Bertz CT molecular complexity index is 1300. The molecule has 0 N–H and O–H groups in total. The van der Waals surface area contributed by atoms with Crippen LogP contribution in [0.25, 0.3) is 0 Å². The van der Waals surface area contributed by atoms with Crippen LogP contribution in [-0.4, -0.2) is 22.6 Å². The van der Waals surface area contributed by atoms with Crippen molar-refractivity contribution in [2.45, 2.75) is 32.2 Å². The molecule has 3 heterocycles. The van der Waals surface area contributed by atoms with Gasteiger partial charge < -0.3 is 14.4 Å². The second-order valence-corrected chi connectivity index (χ2v) is 8.60. The zero-order valence-corrected chi connectivity index (χ0v) is 18.3. The summed E-state index contributed by atoms with van der Waals surface area (Å²) in [6.45, 7) is 1.99. The Hall–Kier alpha value is -3.63. The fraction of sp³-hybridized carbons (Fsp3) is 0.333. The first kappa shape index (κ1) is 23.1. The third-order valence-electron chi connectivity index (χ3n) is 6.08. The minimum atomic E-state index is -4.62. The van der Waals surface area contributed by atoms with Gasteiger partial charge >= 0.3 is 11.9 Å². The quantitative estimate of drug-likeness (QED) is 0.461. The van der Waals surface area contributed by atoms with Gasteiger partial charge in [-0.05, 0) is 54.7 Å². The smallest absolute Gasteiger partial charge is 0.416 e. The van der Waals surface area contributed by atoms with Crippen molar-refractivity contribution in [2.24, 2.45) is 5.92 Å². The molecule has 2 aliphatic heterocycles. The van der Waals surface area contributed by atoms with Gasteiger partial charge in [-0.2, -0.15) is 18.2 Å². The summed E-state index contributed by atoms with van der Waals surface area (Å²) in [6, 6.07) is 7.26. The van der Waals surface area contributed by atoms with Crippen molar-refractivity contribution in [1.29, 1.82) is 0 Å². The summed E-state index contributed by atoms with van der Waals surface area (Å²) in [7, 11) is 0. The molecule has 6 nitrogen and oxygen atoms in total. The topological polar surface area (TPSA) is 56.6 Å². The number of benzene rings is 2. The first-order valence-electron chi connectivity index (χ1n) is 11.0. The zero-order valence-electron chi connectivity index (χ0n) is 18.3. The van der Waals surface area contributed by atoms with Crippen LogP contribution in [0.5, 0.6) is 17.4 Å². The maximum absolute atomic E-state index is 14.6. The molecule has 35 heavy (non-hydrogen) atoms. The van der Waals surface area contributed by atoms with Gasteiger partial charge in [-0.25, -0.2) is 13.6 Å². The second kappa shape index (κ2) is 8.86. The van der Waals surface area contributed by atoms with Crippen LogP contribution in [0, 0.1) is 17.6 Å². The maximum Gasteiger partial charge on any atom is 0.416 e. The van der Waals surface area contributed by atoms with Crippen LogP contribution in [0.2, 0.25) is 0 Å². The Morgan fingerprint density at radius 2 is 1.83 bits per heavy atom. The van der Waals surface area contributed by atoms with E-state index in [1.807, 2.05) is 0 Å². The summed E-state index contributed by atoms with van der Waals surface area (Å²) in [6.07, 6.45) is -2.53. The summed E-state index contributed by atoms with van der Waals surface area (Å²) < 4.78 is 80.0. The van der Waals surface area contributed by atoms with Gasteiger partial charge in [0.25, 0.3) is 0 Å². The lowest BCUT2D eigenvalue weighted by Gasteiger charge is -2.40. The summed E-state index contributed by atoms with van der Waals surface area (Å²) in [5, 5.41) is 0. The standard InChI is InChI=1S/C24H20F5N3O3/c25-18-7-15(8-19(26)22(18)35-17-5-1-4-16(9-17)24(27,28)29)13-34-20-10-21-31-6-2-3-14(11-31)12-32(21)23(33)30-20/h1,4-5,7-10,14H,2-3,6,11-13H2/t14-/m0/s1. The lowest BCUT2D eigenvalue weighted by molar-refractivity contribution is -0.137. The van der Waals surface area contributed by atoms with Crippen molar-refractivity contribution < 1.29 is 31.4 Å². The molecule has 184 valence electrons. The molecule has 2 bridgehead atoms. The predicted octanol–water partition coefficient (Wildman–Crippen LogP) is 5.14. The molecular weight excluding hydrogens is 473 g/mol. The van der Waals surface area contributed by atoms with Gasteiger partial charge in [0.05, 0.1) is 5.56 Å². The Labute approximate surface area is 196 Å². The van der Waals surface area contributed by atoms with E-state index in [4.69, 9.17) is 9.47 Å². The van der Waals surface area contributed by atoms with Gasteiger partial charge in [-0.1, -0.05) is 6.07 Å². The van der Waals surface area contributed by atoms with E-state index in [0.717, 1.165) is 56.3 Å². The molecule has 5 rings (SSSR count). The highest BCUT2D eigenvalue weighted by Crippen LogP contribution is 2.35. The molecule has 1 atom stereocenters. The molecule has 0 saturated carbocycles. The number of fused-ring (bicyclic) bond motifs is 4. The number of hydrogen-bond donors (Lipinski definition) is 0. The van der Waals surface area contributed by atoms with Crippen LogP contribution in [0.15, 0.2) is 47.3 Å². The number of alkyl halides is 3. The maximum atomic E-state index is 14.6. The molecule has 2 aromatic carbocycles. The van der Waals surface area contributed by atoms with E-state index in [1.54, 1.807) is 10.6 Å². The number of piperidine rings is 1. The van der Waals surface area contributed by atoms with Crippen LogP contribution in [-0.2, 0) is 19.3 Å². The molecule has 11 heteroatoms. The van der Waals surface area contributed by atoms with Crippen LogP contribution < -0.4 is 20.1 Å². The van der Waals surface area contributed by atoms with Crippen molar-refractivity contribution in [3.05, 3.63) is 75.7 Å². The number of halogens is 5. The number of hydrogen-bond acceptors (Lipinski definition) is 5. The van der Waals surface area contributed by atoms with Gasteiger partial charge in [-0.3, -0.25) is 4.57 Å². The average Bonchev–Trinajstić information content (AvgIpc) is 2.81. The zero-order chi connectivity index (χ0) is 24.7. The Balaban J connectivity index is 1.32. The van der Waals surface area contributed by atoms with Crippen LogP contribution in [0.4, 0.5) is 27.8 Å². The molecule has 1 fully saturated rings. The van der Waals surface area contributed by atoms with E-state index in [-0.39, 0.29) is 23.8 Å². The van der Waals surface area contributed by atoms with Gasteiger partial charge in [0.15, 0.2) is 17.4 Å². The number of rotatable bonds is 5. The molecule has 0 unspecified atom stereocenters. The van der Waals surface area contributed by atoms with Crippen LogP contribution in [0.3, 0.4) is 0 Å². The Morgan fingerprint density at radius 3 is 2.57 bits per heavy atom. The summed E-state index contributed by atoms with van der Waals surface area (Å²) in [5.74, 6) is -2.27. The second-order valence-electron chi connectivity index (χ2n) is 8.60. The van der Waals surface area contributed by atoms with E-state index >= 15 is 0 Å². The fourth-order valence-corrected chi connectivity index (χ4v) is 4.47. The van der Waals surface area contributed by atoms with Crippen LogP contribution in [0.1, 0.15) is 24.0 Å². The lowest BCUT2D eigenvalue weighted by atomic mass is 9.96. The van der Waals surface area contributed by atoms with Crippen molar-refractivity contribution >= 4 is 5.82 Å². The first-order chi connectivity index (χ1) is 16.7. The van der Waals surface area contributed by atoms with E-state index in [9.17, 15) is 26.7 Å². The average molecular weight is 493 g/mol. The molecule has 2 aliphatic rings. The minimum absolute atomic E-state index is 0.0374. The summed E-state index contributed by atoms with van der Waals surface area (Å²) in [4.78, 5) is 18.5. The summed E-state index contributed by atoms with van der Waals surface area (Å²) in [5.41, 5.74) is -1.36. The minimum Gasteiger partial charge on any atom is -0.473 e. The Morgan fingerprint density at radius 1 is 1.06 bits per heavy atom. The van der Waals surface area contributed by atoms with Gasteiger partial charge in [0, 0.05) is 25.7 Å². The highest BCUT2D eigenvalue weighted by atomic mass is 19.4. The largest absolute Gasteiger partial charge is 0.473 e. The van der Waals surface area contributed by atoms with E-state index in [1.165, 1.54) is 0 Å². The number of aromatic nitrogens is 2. The van der Waals surface area contributed by atoms with Crippen LogP contribution >= 0.6 is 0 Å². The SMILES string of the molecule is O=c1nc(OCc2cc(F)c(Oc3cccc(C(F)(F)F)c3)c(F)c2)cc2n1C[C@H]1CCCN2C1. The van der Waals surface area contributed by atoms with Crippen molar-refractivity contribution in [1.82, 2.24) is 9.55 Å². The fourth-order valence-electron chi connectivity index (χ4n) is 4.47.